The number of benzene rings is 1. The van der Waals surface area contributed by atoms with Crippen molar-refractivity contribution in [2.75, 3.05) is 18.4 Å². The Morgan fingerprint density at radius 1 is 1.08 bits per heavy atom. The number of likely N-dealkylation sites (tertiary alicyclic amines) is 1. The number of H-pyrrole nitrogens is 1. The molecule has 6 heteroatoms. The average molecular weight is 333 g/mol. The maximum atomic E-state index is 12.5. The van der Waals surface area contributed by atoms with Crippen LogP contribution < -0.4 is 5.32 Å². The molecule has 2 aromatic heterocycles. The SMILES string of the molecule is O=C(c1cc[nH]n1)N1CCC2(CC1)Nc1ccccc1-n1cccc12. The predicted molar refractivity (Wildman–Crippen MR) is 94.8 cm³/mol. The number of hydrogen-bond donors (Lipinski definition) is 2. The lowest BCUT2D eigenvalue weighted by molar-refractivity contribution is 0.0670. The number of hydrogen-bond acceptors (Lipinski definition) is 3. The third-order valence-corrected chi connectivity index (χ3v) is 5.40. The van der Waals surface area contributed by atoms with Crippen LogP contribution in [0.4, 0.5) is 5.69 Å². The van der Waals surface area contributed by atoms with Crippen molar-refractivity contribution >= 4 is 11.6 Å². The molecule has 4 heterocycles. The molecule has 0 radical (unpaired) electrons. The number of nitrogens with zero attached hydrogens (tertiary/aromatic N) is 3. The molecule has 0 unspecified atom stereocenters. The minimum atomic E-state index is -0.125. The smallest absolute Gasteiger partial charge is 0.274 e. The van der Waals surface area contributed by atoms with E-state index in [1.165, 1.54) is 11.4 Å². The summed E-state index contributed by atoms with van der Waals surface area (Å²) in [6.45, 7) is 1.43. The van der Waals surface area contributed by atoms with Crippen LogP contribution in [0, 0.1) is 0 Å². The Hall–Kier alpha value is -3.02. The molecule has 1 spiro atoms. The lowest BCUT2D eigenvalue weighted by Crippen LogP contribution is -2.51. The second-order valence-corrected chi connectivity index (χ2v) is 6.74. The van der Waals surface area contributed by atoms with Gasteiger partial charge in [0.2, 0.25) is 0 Å². The highest BCUT2D eigenvalue weighted by Crippen LogP contribution is 2.43. The van der Waals surface area contributed by atoms with Crippen LogP contribution in [0.25, 0.3) is 5.69 Å². The topological polar surface area (TPSA) is 66.0 Å². The molecule has 2 aliphatic rings. The van der Waals surface area contributed by atoms with Crippen LogP contribution in [0.5, 0.6) is 0 Å². The Bertz CT molecular complexity index is 919. The number of carbonyl (C=O) groups is 1. The first-order valence-electron chi connectivity index (χ1n) is 8.61. The molecule has 3 aromatic rings. The van der Waals surface area contributed by atoms with Gasteiger partial charge in [0, 0.05) is 31.2 Å². The molecule has 0 bridgehead atoms. The van der Waals surface area contributed by atoms with Gasteiger partial charge in [0.25, 0.3) is 5.91 Å². The monoisotopic (exact) mass is 333 g/mol. The van der Waals surface area contributed by atoms with Crippen LogP contribution in [0.2, 0.25) is 0 Å². The molecule has 1 aromatic carbocycles. The van der Waals surface area contributed by atoms with E-state index in [-0.39, 0.29) is 11.4 Å². The highest BCUT2D eigenvalue weighted by molar-refractivity contribution is 5.92. The van der Waals surface area contributed by atoms with E-state index < -0.39 is 0 Å². The largest absolute Gasteiger partial charge is 0.372 e. The molecule has 25 heavy (non-hydrogen) atoms. The van der Waals surface area contributed by atoms with E-state index in [9.17, 15) is 4.79 Å². The standard InChI is InChI=1S/C19H19N5O/c25-18(15-7-10-20-22-15)23-12-8-19(9-13-23)17-6-3-11-24(17)16-5-2-1-4-14(16)21-19/h1-7,10-11,21H,8-9,12-13H2,(H,20,22). The molecule has 1 fully saturated rings. The lowest BCUT2D eigenvalue weighted by Gasteiger charge is -2.46. The normalized spacial score (nSPS) is 17.7. The van der Waals surface area contributed by atoms with Crippen LogP contribution in [0.15, 0.2) is 54.9 Å². The molecular formula is C19H19N5O. The van der Waals surface area contributed by atoms with Crippen molar-refractivity contribution in [3.8, 4) is 5.69 Å². The van der Waals surface area contributed by atoms with E-state index >= 15 is 0 Å². The van der Waals surface area contributed by atoms with Crippen molar-refractivity contribution in [1.82, 2.24) is 19.7 Å². The summed E-state index contributed by atoms with van der Waals surface area (Å²) in [6.07, 6.45) is 5.56. The van der Waals surface area contributed by atoms with Gasteiger partial charge in [0.05, 0.1) is 16.9 Å². The number of para-hydroxylation sites is 2. The summed E-state index contributed by atoms with van der Waals surface area (Å²) in [5.74, 6) is 0.00249. The lowest BCUT2D eigenvalue weighted by atomic mass is 9.82. The van der Waals surface area contributed by atoms with E-state index in [2.05, 4.69) is 62.7 Å². The van der Waals surface area contributed by atoms with E-state index in [0.29, 0.717) is 18.8 Å². The summed E-state index contributed by atoms with van der Waals surface area (Å²) in [7, 11) is 0. The molecule has 5 rings (SSSR count). The van der Waals surface area contributed by atoms with Gasteiger partial charge < -0.3 is 14.8 Å². The van der Waals surface area contributed by atoms with Crippen LogP contribution in [-0.2, 0) is 5.54 Å². The highest BCUT2D eigenvalue weighted by Gasteiger charge is 2.42. The number of anilines is 1. The minimum absolute atomic E-state index is 0.00249. The van der Waals surface area contributed by atoms with Gasteiger partial charge in [-0.3, -0.25) is 9.89 Å². The first-order valence-corrected chi connectivity index (χ1v) is 8.61. The Morgan fingerprint density at radius 3 is 2.72 bits per heavy atom. The van der Waals surface area contributed by atoms with Crippen LogP contribution in [0.1, 0.15) is 29.0 Å². The molecule has 2 aliphatic heterocycles. The van der Waals surface area contributed by atoms with Crippen molar-refractivity contribution in [2.45, 2.75) is 18.4 Å². The summed E-state index contributed by atoms with van der Waals surface area (Å²) in [5.41, 5.74) is 3.97. The fourth-order valence-electron chi connectivity index (χ4n) is 4.11. The molecule has 126 valence electrons. The first-order chi connectivity index (χ1) is 12.3. The molecule has 0 aliphatic carbocycles. The van der Waals surface area contributed by atoms with Crippen molar-refractivity contribution in [2.24, 2.45) is 0 Å². The van der Waals surface area contributed by atoms with Crippen LogP contribution in [0.3, 0.4) is 0 Å². The Morgan fingerprint density at radius 2 is 1.92 bits per heavy atom. The van der Waals surface area contributed by atoms with Crippen LogP contribution >= 0.6 is 0 Å². The first kappa shape index (κ1) is 14.3. The summed E-state index contributed by atoms with van der Waals surface area (Å²) in [4.78, 5) is 14.4. The predicted octanol–water partition coefficient (Wildman–Crippen LogP) is 2.76. The summed E-state index contributed by atoms with van der Waals surface area (Å²) in [5, 5.41) is 10.5. The second kappa shape index (κ2) is 5.24. The number of nitrogens with one attached hydrogen (secondary N) is 2. The number of carbonyl (C=O) groups excluding carboxylic acids is 1. The van der Waals surface area contributed by atoms with Crippen molar-refractivity contribution in [1.29, 1.82) is 0 Å². The maximum absolute atomic E-state index is 12.5. The zero-order chi connectivity index (χ0) is 16.9. The van der Waals surface area contributed by atoms with Gasteiger partial charge in [-0.25, -0.2) is 0 Å². The van der Waals surface area contributed by atoms with Gasteiger partial charge in [-0.15, -0.1) is 0 Å². The van der Waals surface area contributed by atoms with Gasteiger partial charge in [-0.2, -0.15) is 5.10 Å². The van der Waals surface area contributed by atoms with E-state index in [4.69, 9.17) is 0 Å². The van der Waals surface area contributed by atoms with Gasteiger partial charge >= 0.3 is 0 Å². The number of piperidine rings is 1. The molecule has 0 saturated carbocycles. The van der Waals surface area contributed by atoms with Crippen molar-refractivity contribution < 1.29 is 4.79 Å². The number of aromatic amines is 1. The number of amides is 1. The zero-order valence-corrected chi connectivity index (χ0v) is 13.8. The Balaban J connectivity index is 1.44. The minimum Gasteiger partial charge on any atom is -0.372 e. The molecule has 2 N–H and O–H groups in total. The third kappa shape index (κ3) is 2.10. The highest BCUT2D eigenvalue weighted by atomic mass is 16.2. The van der Waals surface area contributed by atoms with Crippen molar-refractivity contribution in [3.63, 3.8) is 0 Å². The van der Waals surface area contributed by atoms with Crippen LogP contribution in [-0.4, -0.2) is 38.7 Å². The molecule has 0 atom stereocenters. The number of rotatable bonds is 1. The summed E-state index contributed by atoms with van der Waals surface area (Å²) in [6, 6.07) is 14.4. The van der Waals surface area contributed by atoms with Gasteiger partial charge in [0.15, 0.2) is 0 Å². The van der Waals surface area contributed by atoms with Crippen molar-refractivity contribution in [3.05, 3.63) is 66.2 Å². The van der Waals surface area contributed by atoms with Gasteiger partial charge in [-0.05, 0) is 43.2 Å². The fraction of sp³-hybridized carbons (Fsp3) is 0.263. The van der Waals surface area contributed by atoms with E-state index in [1.54, 1.807) is 12.3 Å². The van der Waals surface area contributed by atoms with Gasteiger partial charge in [0.1, 0.15) is 5.69 Å². The summed E-state index contributed by atoms with van der Waals surface area (Å²) >= 11 is 0. The third-order valence-electron chi connectivity index (χ3n) is 5.40. The summed E-state index contributed by atoms with van der Waals surface area (Å²) < 4.78 is 2.27. The maximum Gasteiger partial charge on any atom is 0.274 e. The Labute approximate surface area is 145 Å². The second-order valence-electron chi connectivity index (χ2n) is 6.74. The fourth-order valence-corrected chi connectivity index (χ4v) is 4.11. The molecular weight excluding hydrogens is 314 g/mol. The quantitative estimate of drug-likeness (QED) is 0.720. The van der Waals surface area contributed by atoms with E-state index in [1.807, 2.05) is 4.90 Å². The molecule has 6 nitrogen and oxygen atoms in total. The zero-order valence-electron chi connectivity index (χ0n) is 13.8. The van der Waals surface area contributed by atoms with Gasteiger partial charge in [-0.1, -0.05) is 12.1 Å². The molecule has 1 amide bonds. The van der Waals surface area contributed by atoms with E-state index in [0.717, 1.165) is 18.5 Å². The number of fused-ring (bicyclic) bond motifs is 4. The molecule has 1 saturated heterocycles. The number of aromatic nitrogens is 3. The average Bonchev–Trinajstić information content (AvgIpc) is 3.34. The Kier molecular flexibility index (Phi) is 3.00.